The van der Waals surface area contributed by atoms with Gasteiger partial charge in [-0.25, -0.2) is 4.68 Å². The van der Waals surface area contributed by atoms with Gasteiger partial charge in [-0.1, -0.05) is 57.2 Å². The van der Waals surface area contributed by atoms with Gasteiger partial charge in [0.1, 0.15) is 11.3 Å². The first-order chi connectivity index (χ1) is 16.3. The van der Waals surface area contributed by atoms with E-state index in [1.165, 1.54) is 17.4 Å². The van der Waals surface area contributed by atoms with Crippen LogP contribution in [0.3, 0.4) is 0 Å². The van der Waals surface area contributed by atoms with Crippen LogP contribution in [0.25, 0.3) is 40.3 Å². The minimum absolute atomic E-state index is 0.0450. The molecule has 0 saturated carbocycles. The van der Waals surface area contributed by atoms with Crippen LogP contribution in [0.15, 0.2) is 76.1 Å². The monoisotopic (exact) mass is 469 g/mol. The van der Waals surface area contributed by atoms with E-state index in [1.54, 1.807) is 10.8 Å². The molecule has 0 radical (unpaired) electrons. The third-order valence-electron chi connectivity index (χ3n) is 5.39. The van der Waals surface area contributed by atoms with Gasteiger partial charge in [-0.2, -0.15) is 5.10 Å². The van der Waals surface area contributed by atoms with Crippen LogP contribution in [0.2, 0.25) is 0 Å². The van der Waals surface area contributed by atoms with Crippen molar-refractivity contribution < 1.29 is 9.21 Å². The number of thiazole rings is 1. The van der Waals surface area contributed by atoms with Crippen LogP contribution >= 0.6 is 11.3 Å². The summed E-state index contributed by atoms with van der Waals surface area (Å²) in [6.07, 6.45) is 5.16. The first-order valence-electron chi connectivity index (χ1n) is 10.9. The number of ketones is 1. The molecule has 0 aliphatic carbocycles. The molecular weight excluding hydrogens is 446 g/mol. The first-order valence-corrected chi connectivity index (χ1v) is 11.7. The van der Waals surface area contributed by atoms with Gasteiger partial charge in [0.15, 0.2) is 11.5 Å². The number of carbonyl (C=O) groups excluding carboxylic acids is 1. The first kappa shape index (κ1) is 21.9. The fraction of sp³-hybridized carbons (Fsp3) is 0.148. The zero-order valence-corrected chi connectivity index (χ0v) is 19.8. The summed E-state index contributed by atoms with van der Waals surface area (Å²) < 4.78 is 8.86. The Bertz CT molecular complexity index is 1650. The van der Waals surface area contributed by atoms with Crippen molar-refractivity contribution in [1.82, 2.24) is 14.8 Å². The maximum atomic E-state index is 12.7. The van der Waals surface area contributed by atoms with Gasteiger partial charge in [-0.15, -0.1) is 11.3 Å². The molecule has 0 unspecified atom stereocenters. The summed E-state index contributed by atoms with van der Waals surface area (Å²) >= 11 is 1.25. The van der Waals surface area contributed by atoms with Crippen molar-refractivity contribution in [2.24, 2.45) is 5.41 Å². The quantitative estimate of drug-likeness (QED) is 0.427. The lowest BCUT2D eigenvalue weighted by atomic mass is 9.91. The average molecular weight is 470 g/mol. The lowest BCUT2D eigenvalue weighted by Crippen LogP contribution is -2.22. The molecule has 0 bridgehead atoms. The van der Waals surface area contributed by atoms with E-state index in [-0.39, 0.29) is 11.3 Å². The molecule has 34 heavy (non-hydrogen) atoms. The molecule has 2 aromatic carbocycles. The molecule has 5 aromatic rings. The van der Waals surface area contributed by atoms with E-state index >= 15 is 0 Å². The molecule has 170 valence electrons. The predicted octanol–water partition coefficient (Wildman–Crippen LogP) is 4.26. The second kappa shape index (κ2) is 8.43. The third kappa shape index (κ3) is 4.30. The van der Waals surface area contributed by atoms with Gasteiger partial charge in [0.2, 0.25) is 0 Å². The summed E-state index contributed by atoms with van der Waals surface area (Å²) in [4.78, 5) is 27.9. The van der Waals surface area contributed by atoms with Gasteiger partial charge in [-0.05, 0) is 30.3 Å². The highest BCUT2D eigenvalue weighted by Gasteiger charge is 2.19. The molecule has 0 aliphatic heterocycles. The lowest BCUT2D eigenvalue weighted by molar-refractivity contribution is -0.119. The van der Waals surface area contributed by atoms with Crippen molar-refractivity contribution in [1.29, 1.82) is 0 Å². The van der Waals surface area contributed by atoms with E-state index in [1.807, 2.05) is 87.6 Å². The van der Waals surface area contributed by atoms with E-state index in [9.17, 15) is 9.59 Å². The smallest absolute Gasteiger partial charge is 0.266 e. The number of hydrogen-bond donors (Lipinski definition) is 1. The number of nitrogens with one attached hydrogen (secondary N) is 1. The zero-order chi connectivity index (χ0) is 23.9. The minimum atomic E-state index is -0.518. The summed E-state index contributed by atoms with van der Waals surface area (Å²) in [5.41, 5.74) is 2.26. The number of benzene rings is 2. The molecule has 7 heteroatoms. The summed E-state index contributed by atoms with van der Waals surface area (Å²) in [5, 5.41) is 5.76. The van der Waals surface area contributed by atoms with Crippen molar-refractivity contribution in [3.8, 4) is 17.1 Å². The van der Waals surface area contributed by atoms with E-state index in [0.717, 1.165) is 22.2 Å². The molecule has 0 atom stereocenters. The van der Waals surface area contributed by atoms with Crippen LogP contribution in [-0.4, -0.2) is 20.5 Å². The molecule has 0 amide bonds. The van der Waals surface area contributed by atoms with Crippen molar-refractivity contribution in [3.05, 3.63) is 92.0 Å². The Balaban J connectivity index is 1.68. The molecule has 0 saturated heterocycles. The number of para-hydroxylation sites is 2. The van der Waals surface area contributed by atoms with Gasteiger partial charge in [0, 0.05) is 28.6 Å². The second-order valence-electron chi connectivity index (χ2n) is 9.05. The Labute approximate surface area is 199 Å². The average Bonchev–Trinajstić information content (AvgIpc) is 3.51. The van der Waals surface area contributed by atoms with Gasteiger partial charge in [0.05, 0.1) is 14.9 Å². The zero-order valence-electron chi connectivity index (χ0n) is 19.0. The topological polar surface area (TPSA) is 80.9 Å². The summed E-state index contributed by atoms with van der Waals surface area (Å²) in [7, 11) is 0. The molecule has 0 spiro atoms. The number of hydrogen-bond acceptors (Lipinski definition) is 5. The molecule has 6 nitrogen and oxygen atoms in total. The fourth-order valence-corrected chi connectivity index (χ4v) is 4.37. The summed E-state index contributed by atoms with van der Waals surface area (Å²) in [6.45, 7) is 5.55. The number of rotatable bonds is 4. The standard InChI is InChI=1S/C27H23N3O3S/c1-27(2,3)23(31)15-24-28-26(32)22(34-24)14-18-16-30(19-10-5-4-6-11-19)29-25(18)21-13-17-9-7-8-12-20(17)33-21/h4-16H,1-3H3,(H,28,32)/b22-14+,24-15+. The van der Waals surface area contributed by atoms with Crippen LogP contribution in [0.1, 0.15) is 26.3 Å². The van der Waals surface area contributed by atoms with Crippen molar-refractivity contribution in [2.45, 2.75) is 20.8 Å². The van der Waals surface area contributed by atoms with Crippen molar-refractivity contribution >= 4 is 40.2 Å². The number of carbonyl (C=O) groups is 1. The number of nitrogens with zero attached hydrogens (tertiary/aromatic N) is 2. The molecule has 0 aliphatic rings. The van der Waals surface area contributed by atoms with Crippen molar-refractivity contribution in [2.75, 3.05) is 0 Å². The summed E-state index contributed by atoms with van der Waals surface area (Å²) in [6, 6.07) is 19.5. The third-order valence-corrected chi connectivity index (χ3v) is 6.35. The maximum absolute atomic E-state index is 12.7. The van der Waals surface area contributed by atoms with Gasteiger partial charge < -0.3 is 9.40 Å². The number of H-pyrrole nitrogens is 1. The van der Waals surface area contributed by atoms with Crippen LogP contribution < -0.4 is 14.8 Å². The SMILES string of the molecule is CC(C)(C)C(=O)/C=c1\[nH]c(=O)/c(=C\c2cn(-c3ccccc3)nc2-c2cc3ccccc3o2)s1. The Hall–Kier alpha value is -3.97. The molecule has 3 aromatic heterocycles. The minimum Gasteiger partial charge on any atom is -0.454 e. The predicted molar refractivity (Wildman–Crippen MR) is 135 cm³/mol. The van der Waals surface area contributed by atoms with Gasteiger partial charge in [-0.3, -0.25) is 9.59 Å². The highest BCUT2D eigenvalue weighted by Crippen LogP contribution is 2.30. The molecular formula is C27H23N3O3S. The fourth-order valence-electron chi connectivity index (χ4n) is 3.50. The number of aromatic nitrogens is 3. The molecule has 0 fully saturated rings. The van der Waals surface area contributed by atoms with Gasteiger partial charge in [0.25, 0.3) is 5.56 Å². The van der Waals surface area contributed by atoms with Crippen LogP contribution in [-0.2, 0) is 4.79 Å². The van der Waals surface area contributed by atoms with Gasteiger partial charge >= 0.3 is 0 Å². The number of Topliss-reactive ketones (excluding diaryl/α,β-unsaturated/α-hetero) is 1. The Morgan fingerprint density at radius 2 is 1.82 bits per heavy atom. The van der Waals surface area contributed by atoms with Crippen molar-refractivity contribution in [3.63, 3.8) is 0 Å². The maximum Gasteiger partial charge on any atom is 0.266 e. The van der Waals surface area contributed by atoms with Crippen LogP contribution in [0, 0.1) is 5.41 Å². The van der Waals surface area contributed by atoms with E-state index in [4.69, 9.17) is 9.52 Å². The van der Waals surface area contributed by atoms with E-state index in [0.29, 0.717) is 20.6 Å². The number of fused-ring (bicyclic) bond motifs is 1. The largest absolute Gasteiger partial charge is 0.454 e. The molecule has 5 rings (SSSR count). The van der Waals surface area contributed by atoms with E-state index in [2.05, 4.69) is 4.98 Å². The number of aromatic amines is 1. The lowest BCUT2D eigenvalue weighted by Gasteiger charge is -2.12. The Morgan fingerprint density at radius 3 is 2.56 bits per heavy atom. The highest BCUT2D eigenvalue weighted by molar-refractivity contribution is 7.07. The highest BCUT2D eigenvalue weighted by atomic mass is 32.1. The molecule has 1 N–H and O–H groups in total. The summed E-state index contributed by atoms with van der Waals surface area (Å²) in [5.74, 6) is 0.571. The normalized spacial score (nSPS) is 13.1. The molecule has 3 heterocycles. The Kier molecular flexibility index (Phi) is 5.42. The van der Waals surface area contributed by atoms with Crippen LogP contribution in [0.5, 0.6) is 0 Å². The van der Waals surface area contributed by atoms with Crippen LogP contribution in [0.4, 0.5) is 0 Å². The number of furan rings is 1. The van der Waals surface area contributed by atoms with E-state index < -0.39 is 5.41 Å². The Morgan fingerprint density at radius 1 is 1.09 bits per heavy atom. The second-order valence-corrected chi connectivity index (χ2v) is 10.1.